The molecule has 5 heteroatoms. The van der Waals surface area contributed by atoms with Gasteiger partial charge in [0.2, 0.25) is 0 Å². The van der Waals surface area contributed by atoms with Gasteiger partial charge in [0, 0.05) is 18.8 Å². The normalized spacial score (nSPS) is 10.9. The number of thiol groups is 1. The molecule has 0 spiro atoms. The summed E-state index contributed by atoms with van der Waals surface area (Å²) < 4.78 is 8.35. The molecule has 1 heterocycles. The number of nitrogens with one attached hydrogen (secondary N) is 1. The number of nitrogens with zero attached hydrogens (tertiary/aromatic N) is 2. The second-order valence-corrected chi connectivity index (χ2v) is 3.96. The van der Waals surface area contributed by atoms with Crippen molar-refractivity contribution in [3.8, 4) is 0 Å². The number of rotatable bonds is 4. The van der Waals surface area contributed by atoms with Crippen LogP contribution in [0.4, 0.5) is 0 Å². The molecule has 0 saturated carbocycles. The van der Waals surface area contributed by atoms with Gasteiger partial charge in [-0.25, -0.2) is 0 Å². The lowest BCUT2D eigenvalue weighted by Crippen LogP contribution is -2.15. The lowest BCUT2D eigenvalue weighted by molar-refractivity contribution is 0.733. The van der Waals surface area contributed by atoms with Gasteiger partial charge in [-0.2, -0.15) is 21.4 Å². The molecule has 0 aliphatic heterocycles. The van der Waals surface area contributed by atoms with Crippen molar-refractivity contribution in [1.82, 2.24) is 14.1 Å². The minimum absolute atomic E-state index is 0.862. The standard InChI is InChI=1S/C9H11N3S2/c13-4-3-10-6-7-1-2-8-9(5-7)12-14-11-8/h1-2,5,10,13H,3-4,6H2. The van der Waals surface area contributed by atoms with Gasteiger partial charge in [0.15, 0.2) is 0 Å². The van der Waals surface area contributed by atoms with E-state index in [1.807, 2.05) is 6.07 Å². The van der Waals surface area contributed by atoms with Crippen LogP contribution in [0, 0.1) is 0 Å². The van der Waals surface area contributed by atoms with Gasteiger partial charge in [0.1, 0.15) is 11.0 Å². The number of hydrogen-bond acceptors (Lipinski definition) is 5. The zero-order valence-electron chi connectivity index (χ0n) is 7.60. The Morgan fingerprint density at radius 1 is 1.29 bits per heavy atom. The summed E-state index contributed by atoms with van der Waals surface area (Å²) in [5, 5.41) is 3.29. The van der Waals surface area contributed by atoms with Crippen molar-refractivity contribution in [2.24, 2.45) is 0 Å². The van der Waals surface area contributed by atoms with Crippen molar-refractivity contribution >= 4 is 35.4 Å². The Kier molecular flexibility index (Phi) is 3.34. The maximum absolute atomic E-state index is 4.20. The van der Waals surface area contributed by atoms with Crippen LogP contribution < -0.4 is 5.32 Å². The Hall–Kier alpha value is -0.650. The van der Waals surface area contributed by atoms with E-state index in [-0.39, 0.29) is 0 Å². The molecule has 1 aromatic carbocycles. The summed E-state index contributed by atoms with van der Waals surface area (Å²) in [5.41, 5.74) is 3.21. The average Bonchev–Trinajstić information content (AvgIpc) is 2.65. The molecule has 0 fully saturated rings. The highest BCUT2D eigenvalue weighted by atomic mass is 32.1. The minimum Gasteiger partial charge on any atom is -0.312 e. The molecular formula is C9H11N3S2. The predicted octanol–water partition coefficient (Wildman–Crippen LogP) is 1.71. The molecule has 0 saturated heterocycles. The van der Waals surface area contributed by atoms with Gasteiger partial charge in [0.05, 0.1) is 11.7 Å². The Morgan fingerprint density at radius 3 is 3.00 bits per heavy atom. The molecule has 2 aromatic rings. The maximum Gasteiger partial charge on any atom is 0.105 e. The highest BCUT2D eigenvalue weighted by Crippen LogP contribution is 2.13. The fourth-order valence-corrected chi connectivity index (χ4v) is 1.92. The Bertz CT molecular complexity index is 413. The summed E-state index contributed by atoms with van der Waals surface area (Å²) in [6, 6.07) is 6.16. The van der Waals surface area contributed by atoms with Crippen LogP contribution in [-0.4, -0.2) is 21.0 Å². The SMILES string of the molecule is SCCNCc1ccc2nsnc2c1. The van der Waals surface area contributed by atoms with Crippen molar-refractivity contribution in [1.29, 1.82) is 0 Å². The topological polar surface area (TPSA) is 37.8 Å². The van der Waals surface area contributed by atoms with Gasteiger partial charge in [-0.3, -0.25) is 0 Å². The van der Waals surface area contributed by atoms with E-state index in [1.54, 1.807) is 0 Å². The van der Waals surface area contributed by atoms with E-state index in [4.69, 9.17) is 0 Å². The van der Waals surface area contributed by atoms with Gasteiger partial charge >= 0.3 is 0 Å². The van der Waals surface area contributed by atoms with Gasteiger partial charge in [-0.15, -0.1) is 0 Å². The van der Waals surface area contributed by atoms with Crippen LogP contribution >= 0.6 is 24.4 Å². The molecule has 1 N–H and O–H groups in total. The first-order chi connectivity index (χ1) is 6.90. The van der Waals surface area contributed by atoms with E-state index in [0.29, 0.717) is 0 Å². The maximum atomic E-state index is 4.20. The molecular weight excluding hydrogens is 214 g/mol. The highest BCUT2D eigenvalue weighted by Gasteiger charge is 1.99. The van der Waals surface area contributed by atoms with Gasteiger partial charge in [-0.1, -0.05) is 6.07 Å². The molecule has 0 aliphatic carbocycles. The smallest absolute Gasteiger partial charge is 0.105 e. The van der Waals surface area contributed by atoms with Crippen LogP contribution in [0.1, 0.15) is 5.56 Å². The van der Waals surface area contributed by atoms with Crippen LogP contribution in [0.25, 0.3) is 11.0 Å². The fraction of sp³-hybridized carbons (Fsp3) is 0.333. The average molecular weight is 225 g/mol. The first kappa shape index (κ1) is 9.89. The third kappa shape index (κ3) is 2.23. The van der Waals surface area contributed by atoms with Crippen molar-refractivity contribution in [2.75, 3.05) is 12.3 Å². The van der Waals surface area contributed by atoms with E-state index in [2.05, 4.69) is 38.8 Å². The van der Waals surface area contributed by atoms with Crippen LogP contribution in [0.2, 0.25) is 0 Å². The number of fused-ring (bicyclic) bond motifs is 1. The Balaban J connectivity index is 2.10. The quantitative estimate of drug-likeness (QED) is 0.614. The molecule has 0 bridgehead atoms. The zero-order valence-corrected chi connectivity index (χ0v) is 9.31. The van der Waals surface area contributed by atoms with Crippen molar-refractivity contribution in [2.45, 2.75) is 6.54 Å². The first-order valence-electron chi connectivity index (χ1n) is 4.43. The summed E-state index contributed by atoms with van der Waals surface area (Å²) in [6.45, 7) is 1.80. The van der Waals surface area contributed by atoms with E-state index in [9.17, 15) is 0 Å². The first-order valence-corrected chi connectivity index (χ1v) is 5.79. The molecule has 0 unspecified atom stereocenters. The molecule has 3 nitrogen and oxygen atoms in total. The molecule has 14 heavy (non-hydrogen) atoms. The number of aromatic nitrogens is 2. The van der Waals surface area contributed by atoms with E-state index >= 15 is 0 Å². The van der Waals surface area contributed by atoms with E-state index < -0.39 is 0 Å². The van der Waals surface area contributed by atoms with E-state index in [0.717, 1.165) is 29.9 Å². The molecule has 0 amide bonds. The zero-order chi connectivity index (χ0) is 9.80. The molecule has 0 radical (unpaired) electrons. The Morgan fingerprint density at radius 2 is 2.14 bits per heavy atom. The van der Waals surface area contributed by atoms with Crippen molar-refractivity contribution in [3.05, 3.63) is 23.8 Å². The highest BCUT2D eigenvalue weighted by molar-refractivity contribution is 7.80. The number of hydrogen-bond donors (Lipinski definition) is 2. The van der Waals surface area contributed by atoms with Gasteiger partial charge < -0.3 is 5.32 Å². The second-order valence-electron chi connectivity index (χ2n) is 2.99. The summed E-state index contributed by atoms with van der Waals surface area (Å²) in [6.07, 6.45) is 0. The van der Waals surface area contributed by atoms with Crippen molar-refractivity contribution in [3.63, 3.8) is 0 Å². The summed E-state index contributed by atoms with van der Waals surface area (Å²) in [7, 11) is 0. The molecule has 1 aromatic heterocycles. The van der Waals surface area contributed by atoms with Crippen LogP contribution in [0.3, 0.4) is 0 Å². The van der Waals surface area contributed by atoms with Crippen molar-refractivity contribution < 1.29 is 0 Å². The third-order valence-corrected chi connectivity index (χ3v) is 2.72. The predicted molar refractivity (Wildman–Crippen MR) is 63.0 cm³/mol. The molecule has 2 rings (SSSR count). The second kappa shape index (κ2) is 4.72. The summed E-state index contributed by atoms with van der Waals surface area (Å²) in [4.78, 5) is 0. The van der Waals surface area contributed by atoms with Crippen LogP contribution in [-0.2, 0) is 6.54 Å². The van der Waals surface area contributed by atoms with Gasteiger partial charge in [0.25, 0.3) is 0 Å². The fourth-order valence-electron chi connectivity index (χ4n) is 1.25. The summed E-state index contributed by atoms with van der Waals surface area (Å²) in [5.74, 6) is 0.862. The third-order valence-electron chi connectivity index (χ3n) is 1.94. The monoisotopic (exact) mass is 225 g/mol. The Labute approximate surface area is 92.3 Å². The number of benzene rings is 1. The van der Waals surface area contributed by atoms with Gasteiger partial charge in [-0.05, 0) is 17.7 Å². The lowest BCUT2D eigenvalue weighted by atomic mass is 10.2. The summed E-state index contributed by atoms with van der Waals surface area (Å²) >= 11 is 5.39. The van der Waals surface area contributed by atoms with Crippen LogP contribution in [0.15, 0.2) is 18.2 Å². The lowest BCUT2D eigenvalue weighted by Gasteiger charge is -2.01. The van der Waals surface area contributed by atoms with E-state index in [1.165, 1.54) is 17.3 Å². The molecule has 0 atom stereocenters. The largest absolute Gasteiger partial charge is 0.312 e. The molecule has 74 valence electrons. The molecule has 0 aliphatic rings. The van der Waals surface area contributed by atoms with Crippen LogP contribution in [0.5, 0.6) is 0 Å². The minimum atomic E-state index is 0.862.